The molecule has 0 saturated heterocycles. The van der Waals surface area contributed by atoms with Gasteiger partial charge in [0.1, 0.15) is 17.3 Å². The van der Waals surface area contributed by atoms with Gasteiger partial charge in [0.2, 0.25) is 0 Å². The first kappa shape index (κ1) is 21.9. The van der Waals surface area contributed by atoms with Crippen LogP contribution in [0.3, 0.4) is 0 Å². The number of anilines is 3. The van der Waals surface area contributed by atoms with Gasteiger partial charge in [-0.15, -0.1) is 0 Å². The largest absolute Gasteiger partial charge is 0.495 e. The van der Waals surface area contributed by atoms with Crippen LogP contribution in [0.25, 0.3) is 0 Å². The summed E-state index contributed by atoms with van der Waals surface area (Å²) in [5, 5.41) is 5.07. The summed E-state index contributed by atoms with van der Waals surface area (Å²) in [6.45, 7) is 0. The summed E-state index contributed by atoms with van der Waals surface area (Å²) < 4.78 is 51.6. The van der Waals surface area contributed by atoms with Crippen molar-refractivity contribution in [1.29, 1.82) is 0 Å². The van der Waals surface area contributed by atoms with E-state index in [2.05, 4.69) is 15.4 Å². The van der Waals surface area contributed by atoms with Crippen molar-refractivity contribution in [2.75, 3.05) is 29.6 Å². The Morgan fingerprint density at radius 1 is 0.839 bits per heavy atom. The minimum absolute atomic E-state index is 0.101. The molecule has 0 spiro atoms. The molecule has 0 atom stereocenters. The number of carbonyl (C=O) groups is 1. The molecule has 3 rings (SSSR count). The topological polar surface area (TPSA) is 106 Å². The van der Waals surface area contributed by atoms with Crippen LogP contribution in [0.5, 0.6) is 11.5 Å². The van der Waals surface area contributed by atoms with Crippen molar-refractivity contribution in [3.63, 3.8) is 0 Å². The van der Waals surface area contributed by atoms with Gasteiger partial charge < -0.3 is 20.1 Å². The molecule has 0 aliphatic carbocycles. The van der Waals surface area contributed by atoms with Crippen molar-refractivity contribution in [2.45, 2.75) is 4.90 Å². The van der Waals surface area contributed by atoms with Crippen molar-refractivity contribution in [1.82, 2.24) is 0 Å². The van der Waals surface area contributed by atoms with Gasteiger partial charge in [-0.25, -0.2) is 17.6 Å². The molecule has 162 valence electrons. The zero-order chi connectivity index (χ0) is 22.4. The van der Waals surface area contributed by atoms with Crippen molar-refractivity contribution in [3.05, 3.63) is 72.5 Å². The molecule has 8 nitrogen and oxygen atoms in total. The van der Waals surface area contributed by atoms with Crippen molar-refractivity contribution in [2.24, 2.45) is 0 Å². The number of nitrogens with one attached hydrogen (secondary N) is 3. The first-order valence-corrected chi connectivity index (χ1v) is 10.5. The Hall–Kier alpha value is -3.79. The van der Waals surface area contributed by atoms with E-state index in [1.165, 1.54) is 56.7 Å². The number of ether oxygens (including phenoxy) is 2. The van der Waals surface area contributed by atoms with Crippen LogP contribution in [-0.2, 0) is 10.0 Å². The van der Waals surface area contributed by atoms with E-state index in [9.17, 15) is 17.6 Å². The van der Waals surface area contributed by atoms with Gasteiger partial charge in [0, 0.05) is 5.69 Å². The second-order valence-corrected chi connectivity index (χ2v) is 7.94. The Balaban J connectivity index is 1.83. The molecule has 3 aromatic rings. The minimum atomic E-state index is -3.99. The molecular weight excluding hydrogens is 425 g/mol. The zero-order valence-electron chi connectivity index (χ0n) is 16.7. The summed E-state index contributed by atoms with van der Waals surface area (Å²) in [5.41, 5.74) is 0.758. The maximum absolute atomic E-state index is 13.0. The van der Waals surface area contributed by atoms with Gasteiger partial charge in [0.05, 0.1) is 30.5 Å². The smallest absolute Gasteiger partial charge is 0.323 e. The minimum Gasteiger partial charge on any atom is -0.495 e. The molecule has 10 heteroatoms. The lowest BCUT2D eigenvalue weighted by molar-refractivity contribution is 0.262. The Labute approximate surface area is 179 Å². The number of rotatable bonds is 7. The van der Waals surface area contributed by atoms with Gasteiger partial charge in [-0.2, -0.15) is 0 Å². The fourth-order valence-corrected chi connectivity index (χ4v) is 3.80. The average molecular weight is 445 g/mol. The fraction of sp³-hybridized carbons (Fsp3) is 0.0952. The number of sulfonamides is 1. The maximum atomic E-state index is 13.0. The van der Waals surface area contributed by atoms with Crippen LogP contribution < -0.4 is 24.8 Å². The van der Waals surface area contributed by atoms with Crippen LogP contribution in [0.1, 0.15) is 0 Å². The summed E-state index contributed by atoms with van der Waals surface area (Å²) in [6, 6.07) is 15.1. The molecule has 3 N–H and O–H groups in total. The number of para-hydroxylation sites is 2. The molecule has 0 radical (unpaired) electrons. The summed E-state index contributed by atoms with van der Waals surface area (Å²) in [4.78, 5) is 12.2. The summed E-state index contributed by atoms with van der Waals surface area (Å²) in [7, 11) is -1.17. The third kappa shape index (κ3) is 5.43. The van der Waals surface area contributed by atoms with E-state index in [0.29, 0.717) is 11.4 Å². The molecule has 3 aromatic carbocycles. The van der Waals surface area contributed by atoms with E-state index in [0.717, 1.165) is 0 Å². The van der Waals surface area contributed by atoms with E-state index in [1.54, 1.807) is 24.3 Å². The highest BCUT2D eigenvalue weighted by atomic mass is 32.2. The number of urea groups is 1. The second-order valence-electron chi connectivity index (χ2n) is 6.25. The van der Waals surface area contributed by atoms with Gasteiger partial charge in [-0.1, -0.05) is 12.1 Å². The van der Waals surface area contributed by atoms with Crippen molar-refractivity contribution < 1.29 is 27.1 Å². The van der Waals surface area contributed by atoms with Crippen molar-refractivity contribution in [3.8, 4) is 11.5 Å². The van der Waals surface area contributed by atoms with E-state index in [-0.39, 0.29) is 22.0 Å². The second kappa shape index (κ2) is 9.35. The molecule has 0 aliphatic heterocycles. The van der Waals surface area contributed by atoms with E-state index in [4.69, 9.17) is 9.47 Å². The Morgan fingerprint density at radius 2 is 1.48 bits per heavy atom. The lowest BCUT2D eigenvalue weighted by Gasteiger charge is -2.15. The Kier molecular flexibility index (Phi) is 6.61. The average Bonchev–Trinajstić information content (AvgIpc) is 2.75. The van der Waals surface area contributed by atoms with Crippen LogP contribution in [0.4, 0.5) is 26.2 Å². The number of halogens is 1. The number of amides is 2. The summed E-state index contributed by atoms with van der Waals surface area (Å²) in [5.74, 6) is 0.176. The first-order chi connectivity index (χ1) is 14.8. The molecule has 2 amide bonds. The molecule has 0 aromatic heterocycles. The summed E-state index contributed by atoms with van der Waals surface area (Å²) >= 11 is 0. The monoisotopic (exact) mass is 445 g/mol. The molecule has 0 heterocycles. The molecular formula is C21H20FN3O5S. The number of carbonyl (C=O) groups excluding carboxylic acids is 1. The first-order valence-electron chi connectivity index (χ1n) is 9.00. The molecule has 0 bridgehead atoms. The normalized spacial score (nSPS) is 10.8. The standard InChI is InChI=1S/C21H20FN3O5S/c1-29-19-6-4-3-5-17(19)25-31(27,28)16-11-12-20(30-2)18(13-16)24-21(26)23-15-9-7-14(22)8-10-15/h3-13,25H,1-2H3,(H2,23,24,26). The quantitative estimate of drug-likeness (QED) is 0.503. The molecule has 0 aliphatic rings. The van der Waals surface area contributed by atoms with Gasteiger partial charge in [-0.05, 0) is 54.6 Å². The van der Waals surface area contributed by atoms with Gasteiger partial charge in [-0.3, -0.25) is 4.72 Å². The number of hydrogen-bond donors (Lipinski definition) is 3. The molecule has 0 unspecified atom stereocenters. The number of hydrogen-bond acceptors (Lipinski definition) is 5. The molecule has 0 fully saturated rings. The van der Waals surface area contributed by atoms with Crippen LogP contribution in [0, 0.1) is 5.82 Å². The highest BCUT2D eigenvalue weighted by molar-refractivity contribution is 7.92. The predicted octanol–water partition coefficient (Wildman–Crippen LogP) is 4.29. The SMILES string of the molecule is COc1ccc(S(=O)(=O)Nc2ccccc2OC)cc1NC(=O)Nc1ccc(F)cc1. The molecule has 31 heavy (non-hydrogen) atoms. The Bertz CT molecular complexity index is 1180. The third-order valence-electron chi connectivity index (χ3n) is 4.18. The van der Waals surface area contributed by atoms with Crippen LogP contribution in [0.15, 0.2) is 71.6 Å². The number of methoxy groups -OCH3 is 2. The van der Waals surface area contributed by atoms with Gasteiger partial charge >= 0.3 is 6.03 Å². The highest BCUT2D eigenvalue weighted by Crippen LogP contribution is 2.30. The predicted molar refractivity (Wildman–Crippen MR) is 116 cm³/mol. The number of benzene rings is 3. The van der Waals surface area contributed by atoms with Gasteiger partial charge in [0.25, 0.3) is 10.0 Å². The van der Waals surface area contributed by atoms with Crippen LogP contribution in [-0.4, -0.2) is 28.7 Å². The fourth-order valence-electron chi connectivity index (χ4n) is 2.70. The zero-order valence-corrected chi connectivity index (χ0v) is 17.5. The van der Waals surface area contributed by atoms with Crippen LogP contribution in [0.2, 0.25) is 0 Å². The van der Waals surface area contributed by atoms with E-state index in [1.807, 2.05) is 0 Å². The van der Waals surface area contributed by atoms with Crippen molar-refractivity contribution >= 4 is 33.1 Å². The van der Waals surface area contributed by atoms with E-state index >= 15 is 0 Å². The lowest BCUT2D eigenvalue weighted by Crippen LogP contribution is -2.20. The Morgan fingerprint density at radius 3 is 2.16 bits per heavy atom. The highest BCUT2D eigenvalue weighted by Gasteiger charge is 2.19. The molecule has 0 saturated carbocycles. The third-order valence-corrected chi connectivity index (χ3v) is 5.55. The maximum Gasteiger partial charge on any atom is 0.323 e. The lowest BCUT2D eigenvalue weighted by atomic mass is 10.3. The van der Waals surface area contributed by atoms with E-state index < -0.39 is 21.9 Å². The summed E-state index contributed by atoms with van der Waals surface area (Å²) in [6.07, 6.45) is 0. The van der Waals surface area contributed by atoms with Crippen LogP contribution >= 0.6 is 0 Å². The van der Waals surface area contributed by atoms with Gasteiger partial charge in [0.15, 0.2) is 0 Å².